The largest absolute Gasteiger partial charge is 0.376 e. The van der Waals surface area contributed by atoms with E-state index in [2.05, 4.69) is 25.7 Å². The van der Waals surface area contributed by atoms with Crippen molar-refractivity contribution in [3.63, 3.8) is 0 Å². The molecule has 2 heteroatoms. The van der Waals surface area contributed by atoms with Crippen molar-refractivity contribution in [3.8, 4) is 0 Å². The van der Waals surface area contributed by atoms with E-state index in [0.717, 1.165) is 36.6 Å². The number of ether oxygens (including phenoxy) is 1. The summed E-state index contributed by atoms with van der Waals surface area (Å²) in [6, 6.07) is 0.718. The quantitative estimate of drug-likeness (QED) is 0.525. The van der Waals surface area contributed by atoms with Crippen molar-refractivity contribution < 1.29 is 4.74 Å². The molecule has 0 radical (unpaired) electrons. The third-order valence-electron chi connectivity index (χ3n) is 3.62. The zero-order chi connectivity index (χ0) is 13.4. The molecule has 1 aliphatic rings. The number of hydrogen-bond acceptors (Lipinski definition) is 2. The predicted octanol–water partition coefficient (Wildman–Crippen LogP) is 3.77. The van der Waals surface area contributed by atoms with Gasteiger partial charge in [-0.15, -0.1) is 0 Å². The molecule has 2 unspecified atom stereocenters. The van der Waals surface area contributed by atoms with Gasteiger partial charge in [-0.2, -0.15) is 0 Å². The van der Waals surface area contributed by atoms with Gasteiger partial charge in [0.25, 0.3) is 0 Å². The van der Waals surface area contributed by atoms with E-state index in [0.29, 0.717) is 6.61 Å². The fraction of sp³-hybridized carbons (Fsp3) is 0.875. The maximum absolute atomic E-state index is 5.52. The van der Waals surface area contributed by atoms with Gasteiger partial charge in [-0.3, -0.25) is 0 Å². The normalized spacial score (nSPS) is 24.4. The summed E-state index contributed by atoms with van der Waals surface area (Å²) in [5, 5.41) is 3.64. The Morgan fingerprint density at radius 3 is 2.83 bits per heavy atom. The lowest BCUT2D eigenvalue weighted by atomic mass is 9.81. The Morgan fingerprint density at radius 1 is 1.39 bits per heavy atom. The van der Waals surface area contributed by atoms with Crippen LogP contribution in [-0.4, -0.2) is 25.8 Å². The molecule has 0 amide bonds. The van der Waals surface area contributed by atoms with E-state index >= 15 is 0 Å². The lowest BCUT2D eigenvalue weighted by Crippen LogP contribution is -2.36. The van der Waals surface area contributed by atoms with E-state index in [1.165, 1.54) is 32.1 Å². The minimum atomic E-state index is 0.697. The molecule has 1 saturated carbocycles. The van der Waals surface area contributed by atoms with Crippen LogP contribution >= 0.6 is 0 Å². The van der Waals surface area contributed by atoms with Crippen LogP contribution in [-0.2, 0) is 4.74 Å². The van der Waals surface area contributed by atoms with Crippen molar-refractivity contribution >= 4 is 0 Å². The van der Waals surface area contributed by atoms with Crippen LogP contribution in [0.3, 0.4) is 0 Å². The van der Waals surface area contributed by atoms with E-state index in [4.69, 9.17) is 4.74 Å². The SMILES string of the molecule is C=C(C)COCCNC1CCCC(CC(C)C)C1. The van der Waals surface area contributed by atoms with Crippen LogP contribution in [0.5, 0.6) is 0 Å². The molecule has 2 nitrogen and oxygen atoms in total. The van der Waals surface area contributed by atoms with Gasteiger partial charge < -0.3 is 10.1 Å². The van der Waals surface area contributed by atoms with Crippen molar-refractivity contribution in [2.75, 3.05) is 19.8 Å². The fourth-order valence-electron chi connectivity index (χ4n) is 2.94. The molecule has 0 aromatic rings. The highest BCUT2D eigenvalue weighted by Gasteiger charge is 2.21. The molecular weight excluding hydrogens is 222 g/mol. The van der Waals surface area contributed by atoms with Crippen LogP contribution in [0.2, 0.25) is 0 Å². The van der Waals surface area contributed by atoms with Crippen molar-refractivity contribution in [1.82, 2.24) is 5.32 Å². The van der Waals surface area contributed by atoms with Crippen molar-refractivity contribution in [3.05, 3.63) is 12.2 Å². The average Bonchev–Trinajstić information content (AvgIpc) is 2.27. The molecule has 0 aliphatic heterocycles. The first-order chi connectivity index (χ1) is 8.58. The molecule has 0 saturated heterocycles. The third kappa shape index (κ3) is 7.17. The highest BCUT2D eigenvalue weighted by molar-refractivity contribution is 4.87. The molecule has 1 rings (SSSR count). The minimum Gasteiger partial charge on any atom is -0.376 e. The molecular formula is C16H31NO. The zero-order valence-corrected chi connectivity index (χ0v) is 12.5. The van der Waals surface area contributed by atoms with Crippen molar-refractivity contribution in [2.45, 2.75) is 58.9 Å². The highest BCUT2D eigenvalue weighted by Crippen LogP contribution is 2.29. The van der Waals surface area contributed by atoms with E-state index in [1.54, 1.807) is 0 Å². The number of nitrogens with one attached hydrogen (secondary N) is 1. The first-order valence-corrected chi connectivity index (χ1v) is 7.53. The topological polar surface area (TPSA) is 21.3 Å². The molecule has 106 valence electrons. The predicted molar refractivity (Wildman–Crippen MR) is 78.8 cm³/mol. The van der Waals surface area contributed by atoms with Crippen LogP contribution in [0.4, 0.5) is 0 Å². The summed E-state index contributed by atoms with van der Waals surface area (Å²) >= 11 is 0. The maximum atomic E-state index is 5.52. The Kier molecular flexibility index (Phi) is 7.60. The number of hydrogen-bond donors (Lipinski definition) is 1. The second-order valence-corrected chi connectivity index (χ2v) is 6.32. The van der Waals surface area contributed by atoms with E-state index in [1.807, 2.05) is 6.92 Å². The van der Waals surface area contributed by atoms with Crippen LogP contribution in [0.1, 0.15) is 52.9 Å². The summed E-state index contributed by atoms with van der Waals surface area (Å²) in [4.78, 5) is 0. The summed E-state index contributed by atoms with van der Waals surface area (Å²) < 4.78 is 5.52. The van der Waals surface area contributed by atoms with Crippen molar-refractivity contribution in [2.24, 2.45) is 11.8 Å². The second kappa shape index (κ2) is 8.71. The molecule has 0 bridgehead atoms. The molecule has 1 N–H and O–H groups in total. The van der Waals surface area contributed by atoms with E-state index < -0.39 is 0 Å². The van der Waals surface area contributed by atoms with Gasteiger partial charge in [-0.1, -0.05) is 38.8 Å². The molecule has 0 spiro atoms. The minimum absolute atomic E-state index is 0.697. The van der Waals surface area contributed by atoms with Crippen molar-refractivity contribution in [1.29, 1.82) is 0 Å². The lowest BCUT2D eigenvalue weighted by molar-refractivity contribution is 0.149. The summed E-state index contributed by atoms with van der Waals surface area (Å²) in [5.41, 5.74) is 1.10. The first kappa shape index (κ1) is 15.7. The monoisotopic (exact) mass is 253 g/mol. The highest BCUT2D eigenvalue weighted by atomic mass is 16.5. The molecule has 0 aromatic heterocycles. The van der Waals surface area contributed by atoms with Gasteiger partial charge in [0, 0.05) is 12.6 Å². The molecule has 1 aliphatic carbocycles. The summed E-state index contributed by atoms with van der Waals surface area (Å²) in [6.07, 6.45) is 6.92. The molecule has 2 atom stereocenters. The van der Waals surface area contributed by atoms with E-state index in [9.17, 15) is 0 Å². The van der Waals surface area contributed by atoms with Gasteiger partial charge in [0.05, 0.1) is 13.2 Å². The van der Waals surface area contributed by atoms with E-state index in [-0.39, 0.29) is 0 Å². The van der Waals surface area contributed by atoms with Gasteiger partial charge in [0.1, 0.15) is 0 Å². The fourth-order valence-corrected chi connectivity index (χ4v) is 2.94. The van der Waals surface area contributed by atoms with Crippen LogP contribution in [0.25, 0.3) is 0 Å². The Balaban J connectivity index is 2.08. The van der Waals surface area contributed by atoms with Gasteiger partial charge in [0.15, 0.2) is 0 Å². The van der Waals surface area contributed by atoms with Crippen LogP contribution in [0.15, 0.2) is 12.2 Å². The Morgan fingerprint density at radius 2 is 2.17 bits per heavy atom. The summed E-state index contributed by atoms with van der Waals surface area (Å²) in [6.45, 7) is 13.0. The molecule has 0 aromatic carbocycles. The Labute approximate surface area is 113 Å². The number of rotatable bonds is 8. The second-order valence-electron chi connectivity index (χ2n) is 6.32. The summed E-state index contributed by atoms with van der Waals surface area (Å²) in [5.74, 6) is 1.78. The van der Waals surface area contributed by atoms with Gasteiger partial charge >= 0.3 is 0 Å². The van der Waals surface area contributed by atoms with Gasteiger partial charge in [-0.25, -0.2) is 0 Å². The smallest absolute Gasteiger partial charge is 0.0672 e. The van der Waals surface area contributed by atoms with Crippen LogP contribution in [0, 0.1) is 11.8 Å². The first-order valence-electron chi connectivity index (χ1n) is 7.53. The Hall–Kier alpha value is -0.340. The summed E-state index contributed by atoms with van der Waals surface area (Å²) in [7, 11) is 0. The standard InChI is InChI=1S/C16H31NO/c1-13(2)10-15-6-5-7-16(11-15)17-8-9-18-12-14(3)4/h13,15-17H,3,5-12H2,1-2,4H3. The van der Waals surface area contributed by atoms with Crippen LogP contribution < -0.4 is 5.32 Å². The van der Waals surface area contributed by atoms with Gasteiger partial charge in [0.2, 0.25) is 0 Å². The third-order valence-corrected chi connectivity index (χ3v) is 3.62. The maximum Gasteiger partial charge on any atom is 0.0672 e. The average molecular weight is 253 g/mol. The zero-order valence-electron chi connectivity index (χ0n) is 12.5. The molecule has 18 heavy (non-hydrogen) atoms. The lowest BCUT2D eigenvalue weighted by Gasteiger charge is -2.30. The molecule has 0 heterocycles. The molecule has 1 fully saturated rings. The Bertz CT molecular complexity index is 237. The van der Waals surface area contributed by atoms with Gasteiger partial charge in [-0.05, 0) is 38.0 Å².